The topological polar surface area (TPSA) is 35.2 Å². The second kappa shape index (κ2) is 6.29. The third kappa shape index (κ3) is 3.09. The summed E-state index contributed by atoms with van der Waals surface area (Å²) in [5.74, 6) is 0.858. The zero-order valence-corrected chi connectivity index (χ0v) is 13.1. The predicted octanol–water partition coefficient (Wildman–Crippen LogP) is 4.64. The summed E-state index contributed by atoms with van der Waals surface area (Å²) in [6, 6.07) is 20.4. The monoisotopic (exact) mass is 341 g/mol. The van der Waals surface area contributed by atoms with Crippen LogP contribution in [0, 0.1) is 0 Å². The minimum atomic E-state index is 0.467. The number of benzene rings is 3. The molecule has 0 aliphatic heterocycles. The summed E-state index contributed by atoms with van der Waals surface area (Å²) in [6.07, 6.45) is 0. The van der Waals surface area contributed by atoms with E-state index in [1.54, 1.807) is 0 Å². The highest BCUT2D eigenvalue weighted by molar-refractivity contribution is 9.10. The average molecular weight is 342 g/mol. The maximum absolute atomic E-state index is 5.98. The van der Waals surface area contributed by atoms with Crippen molar-refractivity contribution in [1.29, 1.82) is 0 Å². The molecule has 0 heterocycles. The molecule has 0 aliphatic rings. The van der Waals surface area contributed by atoms with Gasteiger partial charge in [-0.2, -0.15) is 0 Å². The van der Waals surface area contributed by atoms with E-state index >= 15 is 0 Å². The molecule has 106 valence electrons. The van der Waals surface area contributed by atoms with Gasteiger partial charge in [0.1, 0.15) is 12.4 Å². The van der Waals surface area contributed by atoms with Gasteiger partial charge in [0.15, 0.2) is 0 Å². The summed E-state index contributed by atoms with van der Waals surface area (Å²) in [7, 11) is 0. The van der Waals surface area contributed by atoms with E-state index < -0.39 is 0 Å². The first-order chi connectivity index (χ1) is 10.3. The normalized spacial score (nSPS) is 10.8. The molecule has 0 aliphatic carbocycles. The molecular weight excluding hydrogens is 326 g/mol. The predicted molar refractivity (Wildman–Crippen MR) is 90.3 cm³/mol. The van der Waals surface area contributed by atoms with E-state index in [4.69, 9.17) is 10.5 Å². The Balaban J connectivity index is 1.90. The van der Waals surface area contributed by atoms with Crippen LogP contribution in [0.4, 0.5) is 0 Å². The van der Waals surface area contributed by atoms with Crippen LogP contribution in [-0.4, -0.2) is 0 Å². The van der Waals surface area contributed by atoms with Crippen LogP contribution in [0.1, 0.15) is 11.1 Å². The SMILES string of the molecule is NCc1c(OCc2cccc(Br)c2)ccc2ccccc12. The highest BCUT2D eigenvalue weighted by Crippen LogP contribution is 2.28. The molecule has 2 N–H and O–H groups in total. The Hall–Kier alpha value is -1.84. The fourth-order valence-corrected chi connectivity index (χ4v) is 2.90. The van der Waals surface area contributed by atoms with Crippen LogP contribution in [0.25, 0.3) is 10.8 Å². The van der Waals surface area contributed by atoms with Gasteiger partial charge in [-0.25, -0.2) is 0 Å². The molecule has 3 heteroatoms. The maximum atomic E-state index is 5.98. The van der Waals surface area contributed by atoms with Crippen molar-refractivity contribution >= 4 is 26.7 Å². The van der Waals surface area contributed by atoms with Crippen LogP contribution in [0.2, 0.25) is 0 Å². The molecule has 3 aromatic rings. The molecular formula is C18H16BrNO. The fraction of sp³-hybridized carbons (Fsp3) is 0.111. The van der Waals surface area contributed by atoms with Gasteiger partial charge >= 0.3 is 0 Å². The minimum absolute atomic E-state index is 0.467. The van der Waals surface area contributed by atoms with Gasteiger partial charge in [0.2, 0.25) is 0 Å². The largest absolute Gasteiger partial charge is 0.489 e. The Labute approximate surface area is 132 Å². The van der Waals surface area contributed by atoms with E-state index in [0.29, 0.717) is 13.2 Å². The number of hydrogen-bond donors (Lipinski definition) is 1. The molecule has 3 aromatic carbocycles. The van der Waals surface area contributed by atoms with Crippen molar-refractivity contribution in [2.24, 2.45) is 5.73 Å². The van der Waals surface area contributed by atoms with Gasteiger partial charge in [-0.1, -0.05) is 58.4 Å². The molecule has 3 rings (SSSR count). The van der Waals surface area contributed by atoms with E-state index in [-0.39, 0.29) is 0 Å². The second-order valence-electron chi connectivity index (χ2n) is 4.89. The van der Waals surface area contributed by atoms with Crippen molar-refractivity contribution < 1.29 is 4.74 Å². The summed E-state index contributed by atoms with van der Waals surface area (Å²) in [5.41, 5.74) is 8.11. The van der Waals surface area contributed by atoms with Gasteiger partial charge in [0.25, 0.3) is 0 Å². The Morgan fingerprint density at radius 3 is 2.62 bits per heavy atom. The lowest BCUT2D eigenvalue weighted by molar-refractivity contribution is 0.303. The van der Waals surface area contributed by atoms with Crippen LogP contribution in [0.3, 0.4) is 0 Å². The number of ether oxygens (including phenoxy) is 1. The lowest BCUT2D eigenvalue weighted by Crippen LogP contribution is -2.03. The third-order valence-electron chi connectivity index (χ3n) is 3.49. The lowest BCUT2D eigenvalue weighted by Gasteiger charge is -2.13. The van der Waals surface area contributed by atoms with Crippen LogP contribution in [0.5, 0.6) is 5.75 Å². The Kier molecular flexibility index (Phi) is 4.23. The quantitative estimate of drug-likeness (QED) is 0.750. The number of rotatable bonds is 4. The summed E-state index contributed by atoms with van der Waals surface area (Å²) < 4.78 is 7.03. The summed E-state index contributed by atoms with van der Waals surface area (Å²) in [4.78, 5) is 0. The smallest absolute Gasteiger partial charge is 0.124 e. The van der Waals surface area contributed by atoms with Gasteiger partial charge in [0, 0.05) is 16.6 Å². The molecule has 0 unspecified atom stereocenters. The molecule has 0 radical (unpaired) electrons. The van der Waals surface area contributed by atoms with Crippen molar-refractivity contribution in [3.63, 3.8) is 0 Å². The number of fused-ring (bicyclic) bond motifs is 1. The van der Waals surface area contributed by atoms with Gasteiger partial charge < -0.3 is 10.5 Å². The van der Waals surface area contributed by atoms with E-state index in [1.165, 1.54) is 5.39 Å². The Morgan fingerprint density at radius 1 is 0.952 bits per heavy atom. The molecule has 0 saturated carbocycles. The van der Waals surface area contributed by atoms with E-state index in [2.05, 4.69) is 40.2 Å². The number of nitrogens with two attached hydrogens (primary N) is 1. The number of halogens is 1. The van der Waals surface area contributed by atoms with Gasteiger partial charge in [0.05, 0.1) is 0 Å². The molecule has 0 spiro atoms. The molecule has 2 nitrogen and oxygen atoms in total. The van der Waals surface area contributed by atoms with E-state index in [9.17, 15) is 0 Å². The molecule has 0 aromatic heterocycles. The van der Waals surface area contributed by atoms with Crippen LogP contribution < -0.4 is 10.5 Å². The van der Waals surface area contributed by atoms with Gasteiger partial charge in [-0.05, 0) is 34.5 Å². The molecule has 0 saturated heterocycles. The third-order valence-corrected chi connectivity index (χ3v) is 3.98. The van der Waals surface area contributed by atoms with Gasteiger partial charge in [-0.3, -0.25) is 0 Å². The van der Waals surface area contributed by atoms with E-state index in [0.717, 1.165) is 26.7 Å². The zero-order chi connectivity index (χ0) is 14.7. The number of hydrogen-bond acceptors (Lipinski definition) is 2. The van der Waals surface area contributed by atoms with Crippen molar-refractivity contribution in [3.05, 3.63) is 76.3 Å². The lowest BCUT2D eigenvalue weighted by atomic mass is 10.0. The van der Waals surface area contributed by atoms with Crippen LogP contribution in [-0.2, 0) is 13.2 Å². The highest BCUT2D eigenvalue weighted by atomic mass is 79.9. The average Bonchev–Trinajstić information content (AvgIpc) is 2.52. The molecule has 0 bridgehead atoms. The van der Waals surface area contributed by atoms with E-state index in [1.807, 2.05) is 36.4 Å². The Morgan fingerprint density at radius 2 is 1.81 bits per heavy atom. The maximum Gasteiger partial charge on any atom is 0.124 e. The van der Waals surface area contributed by atoms with Crippen molar-refractivity contribution in [2.75, 3.05) is 0 Å². The fourth-order valence-electron chi connectivity index (χ4n) is 2.45. The standard InChI is InChI=1S/C18H16BrNO/c19-15-6-3-4-13(10-15)12-21-18-9-8-14-5-1-2-7-16(14)17(18)11-20/h1-10H,11-12,20H2. The van der Waals surface area contributed by atoms with Crippen LogP contribution >= 0.6 is 15.9 Å². The Bertz CT molecular complexity index is 770. The zero-order valence-electron chi connectivity index (χ0n) is 11.6. The van der Waals surface area contributed by atoms with Crippen LogP contribution in [0.15, 0.2) is 65.1 Å². The minimum Gasteiger partial charge on any atom is -0.489 e. The van der Waals surface area contributed by atoms with Crippen molar-refractivity contribution in [1.82, 2.24) is 0 Å². The van der Waals surface area contributed by atoms with Crippen molar-refractivity contribution in [2.45, 2.75) is 13.2 Å². The van der Waals surface area contributed by atoms with Gasteiger partial charge in [-0.15, -0.1) is 0 Å². The summed E-state index contributed by atoms with van der Waals surface area (Å²) in [5, 5.41) is 2.35. The molecule has 0 fully saturated rings. The first-order valence-corrected chi connectivity index (χ1v) is 7.65. The first-order valence-electron chi connectivity index (χ1n) is 6.86. The molecule has 21 heavy (non-hydrogen) atoms. The molecule has 0 amide bonds. The first kappa shape index (κ1) is 14.1. The molecule has 0 atom stereocenters. The second-order valence-corrected chi connectivity index (χ2v) is 5.80. The summed E-state index contributed by atoms with van der Waals surface area (Å²) in [6.45, 7) is 1.000. The summed E-state index contributed by atoms with van der Waals surface area (Å²) >= 11 is 3.47. The highest BCUT2D eigenvalue weighted by Gasteiger charge is 2.07. The van der Waals surface area contributed by atoms with Crippen molar-refractivity contribution in [3.8, 4) is 5.75 Å².